The molecule has 0 radical (unpaired) electrons. The summed E-state index contributed by atoms with van der Waals surface area (Å²) >= 11 is 5.75. The highest BCUT2D eigenvalue weighted by Crippen LogP contribution is 2.28. The number of sulfonamides is 1. The molecule has 12 heteroatoms. The van der Waals surface area contributed by atoms with E-state index in [1.807, 2.05) is 0 Å². The fraction of sp³-hybridized carbons (Fsp3) is 0.200. The number of rotatable bonds is 6. The number of hydrogen-bond donors (Lipinski definition) is 3. The first-order chi connectivity index (χ1) is 15.0. The molecule has 0 aliphatic heterocycles. The molecule has 2 aromatic carbocycles. The number of amides is 2. The van der Waals surface area contributed by atoms with Crippen LogP contribution in [0.15, 0.2) is 47.4 Å². The quantitative estimate of drug-likeness (QED) is 0.496. The summed E-state index contributed by atoms with van der Waals surface area (Å²) in [6.07, 6.45) is 1.37. The normalized spacial score (nSPS) is 12.5. The van der Waals surface area contributed by atoms with E-state index in [1.165, 1.54) is 35.4 Å². The summed E-state index contributed by atoms with van der Waals surface area (Å²) in [5.41, 5.74) is 0.112. The lowest BCUT2D eigenvalue weighted by atomic mass is 10.0. The topological polar surface area (TPSA) is 125 Å². The van der Waals surface area contributed by atoms with Gasteiger partial charge in [0.1, 0.15) is 11.6 Å². The monoisotopic (exact) mass is 484 g/mol. The lowest BCUT2D eigenvalue weighted by molar-refractivity contribution is 0.197. The molecule has 32 heavy (non-hydrogen) atoms. The summed E-state index contributed by atoms with van der Waals surface area (Å²) < 4.78 is 50.1. The number of aromatic amines is 1. The van der Waals surface area contributed by atoms with Gasteiger partial charge in [-0.25, -0.2) is 27.1 Å². The molecule has 3 aromatic rings. The van der Waals surface area contributed by atoms with E-state index in [0.717, 1.165) is 12.1 Å². The van der Waals surface area contributed by atoms with Crippen LogP contribution >= 0.6 is 11.6 Å². The van der Waals surface area contributed by atoms with Crippen molar-refractivity contribution in [1.29, 1.82) is 0 Å². The van der Waals surface area contributed by atoms with E-state index in [-0.39, 0.29) is 22.6 Å². The first-order valence-electron chi connectivity index (χ1n) is 9.30. The van der Waals surface area contributed by atoms with Crippen molar-refractivity contribution < 1.29 is 22.0 Å². The number of halogens is 3. The maximum absolute atomic E-state index is 13.6. The molecule has 1 heterocycles. The van der Waals surface area contributed by atoms with Crippen molar-refractivity contribution in [1.82, 2.24) is 9.88 Å². The number of urea groups is 1. The third kappa shape index (κ3) is 5.42. The number of nitrogens with two attached hydrogens (primary N) is 1. The molecule has 0 unspecified atom stereocenters. The van der Waals surface area contributed by atoms with Crippen molar-refractivity contribution in [2.24, 2.45) is 5.14 Å². The molecular weight excluding hydrogens is 466 g/mol. The Hall–Kier alpha value is -3.02. The first-order valence-corrected chi connectivity index (χ1v) is 11.4. The molecule has 0 spiro atoms. The Morgan fingerprint density at radius 3 is 2.59 bits per heavy atom. The number of hydrogen-bond acceptors (Lipinski definition) is 4. The number of nitrogens with zero attached hydrogens (tertiary/aromatic N) is 1. The third-order valence-corrected chi connectivity index (χ3v) is 5.90. The van der Waals surface area contributed by atoms with Crippen LogP contribution in [0.5, 0.6) is 0 Å². The summed E-state index contributed by atoms with van der Waals surface area (Å²) in [5, 5.41) is 7.90. The number of pyridine rings is 1. The molecule has 4 N–H and O–H groups in total. The predicted octanol–water partition coefficient (Wildman–Crippen LogP) is 3.34. The minimum atomic E-state index is -3.91. The van der Waals surface area contributed by atoms with Crippen molar-refractivity contribution in [3.05, 3.63) is 75.2 Å². The highest BCUT2D eigenvalue weighted by Gasteiger charge is 2.25. The summed E-state index contributed by atoms with van der Waals surface area (Å²) in [7, 11) is -3.91. The Kier molecular flexibility index (Phi) is 6.82. The van der Waals surface area contributed by atoms with Crippen LogP contribution in [-0.2, 0) is 10.0 Å². The van der Waals surface area contributed by atoms with Crippen molar-refractivity contribution in [3.63, 3.8) is 0 Å². The lowest BCUT2D eigenvalue weighted by Crippen LogP contribution is -2.41. The summed E-state index contributed by atoms with van der Waals surface area (Å²) in [4.78, 5) is 28.8. The van der Waals surface area contributed by atoms with E-state index in [2.05, 4.69) is 10.3 Å². The van der Waals surface area contributed by atoms with E-state index < -0.39 is 45.0 Å². The maximum atomic E-state index is 13.6. The van der Waals surface area contributed by atoms with Crippen LogP contribution in [0, 0.1) is 11.6 Å². The number of benzene rings is 2. The Morgan fingerprint density at radius 1 is 1.22 bits per heavy atom. The Bertz CT molecular complexity index is 1350. The Labute approximate surface area is 187 Å². The van der Waals surface area contributed by atoms with E-state index in [9.17, 15) is 26.8 Å². The van der Waals surface area contributed by atoms with Crippen LogP contribution in [0.3, 0.4) is 0 Å². The molecule has 0 saturated heterocycles. The zero-order valence-corrected chi connectivity index (χ0v) is 18.3. The number of carbonyl (C=O) groups is 1. The van der Waals surface area contributed by atoms with Gasteiger partial charge in [0.15, 0.2) is 0 Å². The van der Waals surface area contributed by atoms with Gasteiger partial charge in [-0.15, -0.1) is 0 Å². The fourth-order valence-corrected chi connectivity index (χ4v) is 3.87. The Balaban J connectivity index is 2.00. The van der Waals surface area contributed by atoms with Crippen molar-refractivity contribution in [2.45, 2.75) is 13.0 Å². The van der Waals surface area contributed by atoms with Crippen LogP contribution in [0.2, 0.25) is 5.02 Å². The summed E-state index contributed by atoms with van der Waals surface area (Å²) in [6.45, 7) is 1.32. The number of H-pyrrole nitrogens is 1. The second kappa shape index (κ2) is 9.23. The number of carbonyl (C=O) groups excluding carboxylic acids is 1. The average molecular weight is 485 g/mol. The van der Waals surface area contributed by atoms with Gasteiger partial charge in [0.05, 0.1) is 22.2 Å². The number of nitrogens with one attached hydrogen (secondary N) is 2. The second-order valence-corrected chi connectivity index (χ2v) is 9.20. The van der Waals surface area contributed by atoms with E-state index >= 15 is 0 Å². The zero-order valence-electron chi connectivity index (χ0n) is 16.7. The molecule has 0 bridgehead atoms. The summed E-state index contributed by atoms with van der Waals surface area (Å²) in [6, 6.07) is 5.73. The molecule has 170 valence electrons. The predicted molar refractivity (Wildman–Crippen MR) is 118 cm³/mol. The molecule has 2 amide bonds. The van der Waals surface area contributed by atoms with E-state index in [4.69, 9.17) is 16.7 Å². The summed E-state index contributed by atoms with van der Waals surface area (Å²) in [5.74, 6) is -1.81. The maximum Gasteiger partial charge on any atom is 0.322 e. The molecule has 0 aliphatic rings. The van der Waals surface area contributed by atoms with Crippen LogP contribution in [-0.4, -0.2) is 36.6 Å². The highest BCUT2D eigenvalue weighted by molar-refractivity contribution is 7.89. The van der Waals surface area contributed by atoms with Gasteiger partial charge in [0.2, 0.25) is 10.0 Å². The smallest absolute Gasteiger partial charge is 0.322 e. The largest absolute Gasteiger partial charge is 0.328 e. The van der Waals surface area contributed by atoms with Crippen LogP contribution in [0.4, 0.5) is 19.3 Å². The van der Waals surface area contributed by atoms with Gasteiger partial charge in [-0.3, -0.25) is 4.79 Å². The van der Waals surface area contributed by atoms with E-state index in [1.54, 1.807) is 6.92 Å². The molecule has 0 aliphatic carbocycles. The van der Waals surface area contributed by atoms with Crippen molar-refractivity contribution in [2.75, 3.05) is 17.6 Å². The standard InChI is InChI=1S/C20H19ClF2N4O4S/c1-11(16-10-25-19(28)15-8-12(22)2-4-14(15)16)27(6-7-32(24,30)31)20(29)26-13-3-5-18(23)17(21)9-13/h2-5,8-11H,6-7H2,1H3,(H,25,28)(H,26,29)(H2,24,30,31)/t11-/m1/s1. The van der Waals surface area contributed by atoms with Gasteiger partial charge < -0.3 is 15.2 Å². The SMILES string of the molecule is C[C@H](c1c[nH]c(=O)c2cc(F)ccc12)N(CCS(N)(=O)=O)C(=O)Nc1ccc(F)c(Cl)c1. The van der Waals surface area contributed by atoms with Crippen molar-refractivity contribution >= 4 is 44.1 Å². The number of aromatic nitrogens is 1. The van der Waals surface area contributed by atoms with E-state index in [0.29, 0.717) is 10.9 Å². The van der Waals surface area contributed by atoms with Gasteiger partial charge in [-0.05, 0) is 48.2 Å². The second-order valence-electron chi connectivity index (χ2n) is 7.06. The van der Waals surface area contributed by atoms with Gasteiger partial charge in [-0.2, -0.15) is 0 Å². The molecule has 1 atom stereocenters. The lowest BCUT2D eigenvalue weighted by Gasteiger charge is -2.30. The van der Waals surface area contributed by atoms with Crippen LogP contribution in [0.1, 0.15) is 18.5 Å². The first kappa shape index (κ1) is 23.6. The van der Waals surface area contributed by atoms with Gasteiger partial charge in [-0.1, -0.05) is 17.7 Å². The fourth-order valence-electron chi connectivity index (χ4n) is 3.23. The minimum absolute atomic E-state index is 0.0754. The van der Waals surface area contributed by atoms with Crippen LogP contribution in [0.25, 0.3) is 10.8 Å². The molecule has 0 fully saturated rings. The molecule has 3 rings (SSSR count). The number of primary sulfonamides is 1. The number of anilines is 1. The Morgan fingerprint density at radius 2 is 1.94 bits per heavy atom. The van der Waals surface area contributed by atoms with Crippen molar-refractivity contribution in [3.8, 4) is 0 Å². The molecule has 0 saturated carbocycles. The highest BCUT2D eigenvalue weighted by atomic mass is 35.5. The number of fused-ring (bicyclic) bond motifs is 1. The average Bonchev–Trinajstić information content (AvgIpc) is 2.70. The molecular formula is C20H19ClF2N4O4S. The van der Waals surface area contributed by atoms with Crippen LogP contribution < -0.4 is 16.0 Å². The molecule has 8 nitrogen and oxygen atoms in total. The third-order valence-electron chi connectivity index (χ3n) is 4.86. The van der Waals surface area contributed by atoms with Gasteiger partial charge in [0.25, 0.3) is 5.56 Å². The van der Waals surface area contributed by atoms with Gasteiger partial charge >= 0.3 is 6.03 Å². The zero-order chi connectivity index (χ0) is 23.6. The minimum Gasteiger partial charge on any atom is -0.328 e. The van der Waals surface area contributed by atoms with Gasteiger partial charge in [0, 0.05) is 18.4 Å². The molecule has 1 aromatic heterocycles.